The third kappa shape index (κ3) is 3.20. The molecule has 19 heavy (non-hydrogen) atoms. The third-order valence-electron chi connectivity index (χ3n) is 3.45. The molecule has 0 bridgehead atoms. The minimum atomic E-state index is -0.541. The lowest BCUT2D eigenvalue weighted by atomic mass is 9.95. The zero-order chi connectivity index (χ0) is 13.8. The van der Waals surface area contributed by atoms with E-state index in [0.29, 0.717) is 0 Å². The summed E-state index contributed by atoms with van der Waals surface area (Å²) in [5.74, 6) is 1.07. The fourth-order valence-electron chi connectivity index (χ4n) is 2.16. The van der Waals surface area contributed by atoms with Gasteiger partial charge in [-0.3, -0.25) is 0 Å². The van der Waals surface area contributed by atoms with E-state index in [9.17, 15) is 5.11 Å². The average Bonchev–Trinajstić information content (AvgIpc) is 2.42. The van der Waals surface area contributed by atoms with E-state index < -0.39 is 6.10 Å². The van der Waals surface area contributed by atoms with Crippen molar-refractivity contribution in [2.24, 2.45) is 0 Å². The largest absolute Gasteiger partial charge is 0.384 e. The molecule has 0 radical (unpaired) electrons. The number of rotatable bonds is 4. The lowest BCUT2D eigenvalue weighted by Crippen LogP contribution is -2.03. The van der Waals surface area contributed by atoms with Crippen LogP contribution in [0.15, 0.2) is 47.4 Å². The number of hydrogen-bond donors (Lipinski definition) is 1. The molecular formula is C17H20OS. The number of thioether (sulfide) groups is 1. The first-order valence-electron chi connectivity index (χ1n) is 6.60. The molecule has 1 atom stereocenters. The second kappa shape index (κ2) is 6.27. The molecule has 0 fully saturated rings. The Labute approximate surface area is 119 Å². The molecule has 2 heteroatoms. The van der Waals surface area contributed by atoms with E-state index in [1.54, 1.807) is 0 Å². The molecular weight excluding hydrogens is 252 g/mol. The first-order valence-corrected chi connectivity index (χ1v) is 7.59. The SMILES string of the molecule is CCSc1ccc(C(O)c2cccc(C)c2C)cc1. The molecule has 2 rings (SSSR count). The fourth-order valence-corrected chi connectivity index (χ4v) is 2.82. The zero-order valence-corrected chi connectivity index (χ0v) is 12.5. The van der Waals surface area contributed by atoms with Gasteiger partial charge in [-0.1, -0.05) is 37.3 Å². The van der Waals surface area contributed by atoms with Gasteiger partial charge >= 0.3 is 0 Å². The fraction of sp³-hybridized carbons (Fsp3) is 0.294. The summed E-state index contributed by atoms with van der Waals surface area (Å²) in [5.41, 5.74) is 4.33. The van der Waals surface area contributed by atoms with E-state index in [4.69, 9.17) is 0 Å². The molecule has 2 aromatic carbocycles. The summed E-state index contributed by atoms with van der Waals surface area (Å²) in [7, 11) is 0. The second-order valence-corrected chi connectivity index (χ2v) is 6.03. The predicted octanol–water partition coefficient (Wildman–Crippen LogP) is 4.50. The molecule has 1 N–H and O–H groups in total. The highest BCUT2D eigenvalue weighted by atomic mass is 32.2. The van der Waals surface area contributed by atoms with Gasteiger partial charge in [0.15, 0.2) is 0 Å². The van der Waals surface area contributed by atoms with Gasteiger partial charge in [-0.05, 0) is 54.0 Å². The molecule has 1 nitrogen and oxygen atoms in total. The Hall–Kier alpha value is -1.25. The van der Waals surface area contributed by atoms with E-state index in [1.165, 1.54) is 16.0 Å². The van der Waals surface area contributed by atoms with Crippen LogP contribution in [0.3, 0.4) is 0 Å². The number of hydrogen-bond acceptors (Lipinski definition) is 2. The molecule has 0 spiro atoms. The molecule has 0 aliphatic rings. The Morgan fingerprint density at radius 3 is 2.37 bits per heavy atom. The maximum Gasteiger partial charge on any atom is 0.104 e. The van der Waals surface area contributed by atoms with Crippen LogP contribution in [0, 0.1) is 13.8 Å². The van der Waals surface area contributed by atoms with Crippen LogP contribution in [-0.4, -0.2) is 10.9 Å². The Morgan fingerprint density at radius 2 is 1.74 bits per heavy atom. The molecule has 100 valence electrons. The van der Waals surface area contributed by atoms with Crippen molar-refractivity contribution in [2.45, 2.75) is 31.8 Å². The Balaban J connectivity index is 2.28. The van der Waals surface area contributed by atoms with Crippen LogP contribution in [0.4, 0.5) is 0 Å². The predicted molar refractivity (Wildman–Crippen MR) is 82.8 cm³/mol. The minimum Gasteiger partial charge on any atom is -0.384 e. The normalized spacial score (nSPS) is 12.4. The quantitative estimate of drug-likeness (QED) is 0.827. The van der Waals surface area contributed by atoms with Crippen LogP contribution >= 0.6 is 11.8 Å². The molecule has 0 heterocycles. The van der Waals surface area contributed by atoms with Gasteiger partial charge in [-0.15, -0.1) is 11.8 Å². The van der Waals surface area contributed by atoms with E-state index in [0.717, 1.165) is 16.9 Å². The van der Waals surface area contributed by atoms with E-state index in [1.807, 2.05) is 36.0 Å². The summed E-state index contributed by atoms with van der Waals surface area (Å²) in [6.45, 7) is 6.28. The van der Waals surface area contributed by atoms with Gasteiger partial charge < -0.3 is 5.11 Å². The van der Waals surface area contributed by atoms with Crippen LogP contribution < -0.4 is 0 Å². The third-order valence-corrected chi connectivity index (χ3v) is 4.34. The highest BCUT2D eigenvalue weighted by Crippen LogP contribution is 2.28. The van der Waals surface area contributed by atoms with Crippen molar-refractivity contribution in [2.75, 3.05) is 5.75 Å². The molecule has 0 aliphatic carbocycles. The number of aliphatic hydroxyl groups excluding tert-OH is 1. The number of aliphatic hydroxyl groups is 1. The van der Waals surface area contributed by atoms with Crippen molar-refractivity contribution in [1.82, 2.24) is 0 Å². The van der Waals surface area contributed by atoms with Crippen LogP contribution in [0.2, 0.25) is 0 Å². The van der Waals surface area contributed by atoms with Gasteiger partial charge in [0.05, 0.1) is 0 Å². The summed E-state index contributed by atoms with van der Waals surface area (Å²) in [4.78, 5) is 1.25. The van der Waals surface area contributed by atoms with Gasteiger partial charge in [0, 0.05) is 4.90 Å². The molecule has 0 saturated heterocycles. The number of benzene rings is 2. The maximum atomic E-state index is 10.5. The van der Waals surface area contributed by atoms with Crippen LogP contribution in [-0.2, 0) is 0 Å². The Morgan fingerprint density at radius 1 is 1.05 bits per heavy atom. The molecule has 0 aliphatic heterocycles. The second-order valence-electron chi connectivity index (χ2n) is 4.69. The maximum absolute atomic E-state index is 10.5. The van der Waals surface area contributed by atoms with E-state index >= 15 is 0 Å². The Kier molecular flexibility index (Phi) is 4.67. The van der Waals surface area contributed by atoms with Crippen LogP contribution in [0.5, 0.6) is 0 Å². The summed E-state index contributed by atoms with van der Waals surface area (Å²) < 4.78 is 0. The molecule has 2 aromatic rings. The average molecular weight is 272 g/mol. The van der Waals surface area contributed by atoms with Gasteiger partial charge in [-0.2, -0.15) is 0 Å². The highest BCUT2D eigenvalue weighted by molar-refractivity contribution is 7.99. The number of aryl methyl sites for hydroxylation is 1. The summed E-state index contributed by atoms with van der Waals surface area (Å²) in [6, 6.07) is 14.3. The van der Waals surface area contributed by atoms with Crippen LogP contribution in [0.25, 0.3) is 0 Å². The van der Waals surface area contributed by atoms with Crippen molar-refractivity contribution >= 4 is 11.8 Å². The minimum absolute atomic E-state index is 0.541. The van der Waals surface area contributed by atoms with Gasteiger partial charge in [0.25, 0.3) is 0 Å². The van der Waals surface area contributed by atoms with Gasteiger partial charge in [0.2, 0.25) is 0 Å². The lowest BCUT2D eigenvalue weighted by Gasteiger charge is -2.16. The highest BCUT2D eigenvalue weighted by Gasteiger charge is 2.13. The summed E-state index contributed by atoms with van der Waals surface area (Å²) in [5, 5.41) is 10.5. The van der Waals surface area contributed by atoms with E-state index in [2.05, 4.69) is 39.0 Å². The zero-order valence-electron chi connectivity index (χ0n) is 11.7. The van der Waals surface area contributed by atoms with Crippen LogP contribution in [0.1, 0.15) is 35.3 Å². The monoisotopic (exact) mass is 272 g/mol. The topological polar surface area (TPSA) is 20.2 Å². The van der Waals surface area contributed by atoms with Crippen molar-refractivity contribution in [3.63, 3.8) is 0 Å². The molecule has 1 unspecified atom stereocenters. The standard InChI is InChI=1S/C17H20OS/c1-4-19-15-10-8-14(9-11-15)17(18)16-7-5-6-12(2)13(16)3/h5-11,17-18H,4H2,1-3H3. The van der Waals surface area contributed by atoms with E-state index in [-0.39, 0.29) is 0 Å². The summed E-state index contributed by atoms with van der Waals surface area (Å²) in [6.07, 6.45) is -0.541. The lowest BCUT2D eigenvalue weighted by molar-refractivity contribution is 0.219. The molecule has 0 amide bonds. The molecule has 0 aromatic heterocycles. The molecule has 0 saturated carbocycles. The first kappa shape index (κ1) is 14.2. The summed E-state index contributed by atoms with van der Waals surface area (Å²) >= 11 is 1.82. The van der Waals surface area contributed by atoms with Gasteiger partial charge in [-0.25, -0.2) is 0 Å². The smallest absolute Gasteiger partial charge is 0.104 e. The van der Waals surface area contributed by atoms with Gasteiger partial charge in [0.1, 0.15) is 6.10 Å². The van der Waals surface area contributed by atoms with Crippen molar-refractivity contribution in [3.8, 4) is 0 Å². The Bertz CT molecular complexity index is 546. The first-order chi connectivity index (χ1) is 9.13. The van der Waals surface area contributed by atoms with Crippen molar-refractivity contribution in [1.29, 1.82) is 0 Å². The van der Waals surface area contributed by atoms with Crippen molar-refractivity contribution in [3.05, 3.63) is 64.7 Å². The van der Waals surface area contributed by atoms with Crippen molar-refractivity contribution < 1.29 is 5.11 Å².